The predicted molar refractivity (Wildman–Crippen MR) is 112 cm³/mol. The molecule has 8 heteroatoms. The van der Waals surface area contributed by atoms with Crippen LogP contribution in [-0.2, 0) is 12.8 Å². The minimum Gasteiger partial charge on any atom is -0.334 e. The quantitative estimate of drug-likeness (QED) is 0.300. The molecule has 1 atom stereocenters. The first-order valence-corrected chi connectivity index (χ1v) is 10.9. The standard InChI is InChI=1S/C19H18ClN3O2S2/c1-10-6-7-12-15(8-10)27-17-16(12)18(25)23(21)19(22-17)26-9-14(24)11-4-2-3-5-13(11)20/h2-5,10H,6-9,21H2,1H3/t10-/m1/s1. The largest absolute Gasteiger partial charge is 0.334 e. The van der Waals surface area contributed by atoms with E-state index in [-0.39, 0.29) is 17.1 Å². The Morgan fingerprint density at radius 3 is 3.00 bits per heavy atom. The molecule has 1 aliphatic carbocycles. The van der Waals surface area contributed by atoms with Crippen LogP contribution in [0.3, 0.4) is 0 Å². The smallest absolute Gasteiger partial charge is 0.281 e. The van der Waals surface area contributed by atoms with Crippen molar-refractivity contribution in [3.8, 4) is 0 Å². The summed E-state index contributed by atoms with van der Waals surface area (Å²) in [6, 6.07) is 6.91. The van der Waals surface area contributed by atoms with Gasteiger partial charge in [0.2, 0.25) is 0 Å². The van der Waals surface area contributed by atoms with Crippen LogP contribution in [0.4, 0.5) is 0 Å². The zero-order valence-corrected chi connectivity index (χ0v) is 17.1. The molecule has 1 aliphatic rings. The highest BCUT2D eigenvalue weighted by Crippen LogP contribution is 2.36. The van der Waals surface area contributed by atoms with Crippen molar-refractivity contribution in [2.75, 3.05) is 11.6 Å². The molecule has 0 saturated carbocycles. The van der Waals surface area contributed by atoms with Crippen LogP contribution in [0.25, 0.3) is 10.2 Å². The number of hydrogen-bond acceptors (Lipinski definition) is 6. The summed E-state index contributed by atoms with van der Waals surface area (Å²) in [5, 5.41) is 1.41. The highest BCUT2D eigenvalue weighted by molar-refractivity contribution is 7.99. The number of aromatic nitrogens is 2. The van der Waals surface area contributed by atoms with Crippen molar-refractivity contribution >= 4 is 50.7 Å². The number of Topliss-reactive ketones (excluding diaryl/α,β-unsaturated/α-hetero) is 1. The van der Waals surface area contributed by atoms with Gasteiger partial charge in [-0.05, 0) is 42.9 Å². The molecule has 0 amide bonds. The molecule has 2 heterocycles. The van der Waals surface area contributed by atoms with Gasteiger partial charge in [0.05, 0.1) is 16.2 Å². The lowest BCUT2D eigenvalue weighted by atomic mass is 9.89. The maximum atomic E-state index is 12.8. The molecule has 27 heavy (non-hydrogen) atoms. The number of thioether (sulfide) groups is 1. The fourth-order valence-corrected chi connectivity index (χ4v) is 5.85. The lowest BCUT2D eigenvalue weighted by Crippen LogP contribution is -2.30. The maximum Gasteiger partial charge on any atom is 0.281 e. The number of benzene rings is 1. The molecule has 0 unspecified atom stereocenters. The minimum atomic E-state index is -0.236. The topological polar surface area (TPSA) is 78.0 Å². The van der Waals surface area contributed by atoms with Gasteiger partial charge < -0.3 is 5.84 Å². The Hall–Kier alpha value is -1.83. The van der Waals surface area contributed by atoms with E-state index < -0.39 is 0 Å². The van der Waals surface area contributed by atoms with E-state index in [1.165, 1.54) is 4.88 Å². The van der Waals surface area contributed by atoms with Crippen molar-refractivity contribution in [1.29, 1.82) is 0 Å². The Bertz CT molecular complexity index is 1110. The summed E-state index contributed by atoms with van der Waals surface area (Å²) in [6.07, 6.45) is 2.95. The summed E-state index contributed by atoms with van der Waals surface area (Å²) in [4.78, 5) is 31.8. The first kappa shape index (κ1) is 18.5. The number of halogens is 1. The van der Waals surface area contributed by atoms with Gasteiger partial charge >= 0.3 is 0 Å². The minimum absolute atomic E-state index is 0.112. The number of nitrogens with zero attached hydrogens (tertiary/aromatic N) is 2. The van der Waals surface area contributed by atoms with Crippen LogP contribution in [0.15, 0.2) is 34.2 Å². The van der Waals surface area contributed by atoms with E-state index in [0.29, 0.717) is 31.9 Å². The Kier molecular flexibility index (Phi) is 5.01. The molecule has 3 aromatic rings. The Balaban J connectivity index is 1.65. The van der Waals surface area contributed by atoms with Crippen molar-refractivity contribution in [2.24, 2.45) is 5.92 Å². The number of carbonyl (C=O) groups excluding carboxylic acids is 1. The van der Waals surface area contributed by atoms with Gasteiger partial charge in [0.1, 0.15) is 4.83 Å². The van der Waals surface area contributed by atoms with Crippen molar-refractivity contribution < 1.29 is 4.79 Å². The van der Waals surface area contributed by atoms with Gasteiger partial charge in [0.25, 0.3) is 5.56 Å². The number of rotatable bonds is 4. The van der Waals surface area contributed by atoms with Crippen molar-refractivity contribution in [3.63, 3.8) is 0 Å². The van der Waals surface area contributed by atoms with Gasteiger partial charge in [-0.3, -0.25) is 9.59 Å². The summed E-state index contributed by atoms with van der Waals surface area (Å²) >= 11 is 8.82. The average molecular weight is 420 g/mol. The summed E-state index contributed by atoms with van der Waals surface area (Å²) in [7, 11) is 0. The second-order valence-corrected chi connectivity index (χ2v) is 9.23. The summed E-state index contributed by atoms with van der Waals surface area (Å²) in [6.45, 7) is 2.23. The van der Waals surface area contributed by atoms with E-state index in [9.17, 15) is 9.59 Å². The summed E-state index contributed by atoms with van der Waals surface area (Å²) in [5.41, 5.74) is 1.33. The fourth-order valence-electron chi connectivity index (χ4n) is 3.38. The van der Waals surface area contributed by atoms with E-state index in [1.807, 2.05) is 0 Å². The molecule has 5 nitrogen and oxygen atoms in total. The summed E-state index contributed by atoms with van der Waals surface area (Å²) < 4.78 is 1.07. The molecule has 0 radical (unpaired) electrons. The normalized spacial score (nSPS) is 16.4. The second kappa shape index (κ2) is 7.30. The Morgan fingerprint density at radius 2 is 2.22 bits per heavy atom. The van der Waals surface area contributed by atoms with Crippen LogP contribution in [0, 0.1) is 5.92 Å². The monoisotopic (exact) mass is 419 g/mol. The zero-order valence-electron chi connectivity index (χ0n) is 14.7. The number of aryl methyl sites for hydroxylation is 1. The molecule has 2 aromatic heterocycles. The number of ketones is 1. The number of hydrogen-bond donors (Lipinski definition) is 1. The molecule has 4 rings (SSSR count). The van der Waals surface area contributed by atoms with Crippen LogP contribution in [0.1, 0.15) is 34.1 Å². The van der Waals surface area contributed by atoms with Gasteiger partial charge in [0, 0.05) is 10.4 Å². The Morgan fingerprint density at radius 1 is 1.44 bits per heavy atom. The van der Waals surface area contributed by atoms with E-state index in [2.05, 4.69) is 11.9 Å². The van der Waals surface area contributed by atoms with Crippen LogP contribution >= 0.6 is 34.7 Å². The van der Waals surface area contributed by atoms with Gasteiger partial charge in [-0.2, -0.15) is 0 Å². The fraction of sp³-hybridized carbons (Fsp3) is 0.316. The van der Waals surface area contributed by atoms with E-state index in [0.717, 1.165) is 41.3 Å². The number of carbonyl (C=O) groups is 1. The van der Waals surface area contributed by atoms with Crippen molar-refractivity contribution in [2.45, 2.75) is 31.3 Å². The molecular weight excluding hydrogens is 402 g/mol. The molecule has 1 aromatic carbocycles. The van der Waals surface area contributed by atoms with Crippen LogP contribution in [0.2, 0.25) is 5.02 Å². The maximum absolute atomic E-state index is 12.8. The average Bonchev–Trinajstić information content (AvgIpc) is 3.00. The lowest BCUT2D eigenvalue weighted by molar-refractivity contribution is 0.102. The number of thiophene rings is 1. The molecule has 0 bridgehead atoms. The second-order valence-electron chi connectivity index (χ2n) is 6.79. The van der Waals surface area contributed by atoms with E-state index >= 15 is 0 Å². The van der Waals surface area contributed by atoms with Crippen molar-refractivity contribution in [1.82, 2.24) is 9.66 Å². The molecule has 0 aliphatic heterocycles. The first-order chi connectivity index (χ1) is 13.0. The molecule has 0 fully saturated rings. The first-order valence-electron chi connectivity index (χ1n) is 8.68. The molecule has 140 valence electrons. The number of nitrogen functional groups attached to an aromatic ring is 1. The lowest BCUT2D eigenvalue weighted by Gasteiger charge is -2.17. The van der Waals surface area contributed by atoms with Crippen LogP contribution in [-0.4, -0.2) is 21.2 Å². The zero-order chi connectivity index (χ0) is 19.1. The highest BCUT2D eigenvalue weighted by atomic mass is 35.5. The summed E-state index contributed by atoms with van der Waals surface area (Å²) in [5.74, 6) is 6.62. The predicted octanol–water partition coefficient (Wildman–Crippen LogP) is 3.93. The highest BCUT2D eigenvalue weighted by Gasteiger charge is 2.24. The molecular formula is C19H18ClN3O2S2. The van der Waals surface area contributed by atoms with Crippen LogP contribution in [0.5, 0.6) is 0 Å². The van der Waals surface area contributed by atoms with E-state index in [1.54, 1.807) is 35.6 Å². The van der Waals surface area contributed by atoms with Crippen LogP contribution < -0.4 is 11.4 Å². The van der Waals surface area contributed by atoms with Gasteiger partial charge in [-0.1, -0.05) is 42.4 Å². The third-order valence-electron chi connectivity index (χ3n) is 4.84. The Labute approximate surface area is 169 Å². The number of nitrogens with two attached hydrogens (primary N) is 1. The van der Waals surface area contributed by atoms with Gasteiger partial charge in [-0.25, -0.2) is 9.66 Å². The van der Waals surface area contributed by atoms with E-state index in [4.69, 9.17) is 17.4 Å². The van der Waals surface area contributed by atoms with Gasteiger partial charge in [-0.15, -0.1) is 11.3 Å². The SMILES string of the molecule is C[C@@H]1CCc2c(sc3nc(SCC(=O)c4ccccc4Cl)n(N)c(=O)c23)C1. The number of fused-ring (bicyclic) bond motifs is 3. The molecule has 2 N–H and O–H groups in total. The molecule has 0 saturated heterocycles. The molecule has 0 spiro atoms. The third kappa shape index (κ3) is 3.39. The van der Waals surface area contributed by atoms with Gasteiger partial charge in [0.15, 0.2) is 10.9 Å². The third-order valence-corrected chi connectivity index (χ3v) is 7.27. The van der Waals surface area contributed by atoms with Crippen molar-refractivity contribution in [3.05, 3.63) is 55.6 Å².